The summed E-state index contributed by atoms with van der Waals surface area (Å²) >= 11 is 0. The Bertz CT molecular complexity index is 390. The van der Waals surface area contributed by atoms with Gasteiger partial charge in [0.15, 0.2) is 12.4 Å². The number of hydrogen-bond acceptors (Lipinski definition) is 3. The van der Waals surface area contributed by atoms with Crippen molar-refractivity contribution in [3.8, 4) is 0 Å². The van der Waals surface area contributed by atoms with E-state index in [1.807, 2.05) is 6.07 Å². The van der Waals surface area contributed by atoms with Crippen molar-refractivity contribution >= 4 is 11.9 Å². The van der Waals surface area contributed by atoms with Crippen molar-refractivity contribution in [1.82, 2.24) is 0 Å². The average Bonchev–Trinajstić information content (AvgIpc) is 2.14. The maximum Gasteiger partial charge on any atom is 0.370 e. The summed E-state index contributed by atoms with van der Waals surface area (Å²) in [4.78, 5) is 20.0. The Morgan fingerprint density at radius 3 is 1.89 bits per heavy atom. The number of hydrogen-bond donors (Lipinski definition) is 1. The van der Waals surface area contributed by atoms with E-state index >= 15 is 0 Å². The van der Waals surface area contributed by atoms with Gasteiger partial charge >= 0.3 is 5.97 Å². The molecule has 19 heavy (non-hydrogen) atoms. The van der Waals surface area contributed by atoms with Crippen LogP contribution in [0.25, 0.3) is 0 Å². The van der Waals surface area contributed by atoms with Gasteiger partial charge in [0.25, 0.3) is 0 Å². The normalized spacial score (nSPS) is 9.63. The molecule has 0 spiro atoms. The van der Waals surface area contributed by atoms with Crippen molar-refractivity contribution in [2.75, 3.05) is 27.7 Å². The highest BCUT2D eigenvalue weighted by atomic mass is 35.5. The van der Waals surface area contributed by atoms with Crippen LogP contribution >= 0.6 is 0 Å². The van der Waals surface area contributed by atoms with Crippen molar-refractivity contribution in [2.24, 2.45) is 0 Å². The number of pyridine rings is 1. The molecular formula is C12H19ClN2O4. The molecule has 0 atom stereocenters. The minimum absolute atomic E-state index is 0. The molecule has 0 amide bonds. The Labute approximate surface area is 118 Å². The van der Waals surface area contributed by atoms with Crippen LogP contribution in [-0.4, -0.2) is 49.2 Å². The summed E-state index contributed by atoms with van der Waals surface area (Å²) in [6.45, 7) is 0.0981. The third-order valence-corrected chi connectivity index (χ3v) is 1.70. The Morgan fingerprint density at radius 2 is 1.63 bits per heavy atom. The van der Waals surface area contributed by atoms with Gasteiger partial charge < -0.3 is 31.9 Å². The highest BCUT2D eigenvalue weighted by Crippen LogP contribution is 1.85. The summed E-state index contributed by atoms with van der Waals surface area (Å²) in [5, 5.41) is 18.2. The van der Waals surface area contributed by atoms with Crippen LogP contribution in [0.4, 0.5) is 0 Å². The highest BCUT2D eigenvalue weighted by Gasteiger charge is 2.04. The van der Waals surface area contributed by atoms with Crippen molar-refractivity contribution in [3.63, 3.8) is 0 Å². The summed E-state index contributed by atoms with van der Waals surface area (Å²) in [5.41, 5.74) is 0. The molecule has 0 aliphatic rings. The van der Waals surface area contributed by atoms with Gasteiger partial charge in [-0.25, -0.2) is 4.79 Å². The lowest BCUT2D eigenvalue weighted by atomic mass is 10.5. The quantitative estimate of drug-likeness (QED) is 0.448. The van der Waals surface area contributed by atoms with E-state index in [0.717, 1.165) is 0 Å². The fourth-order valence-corrected chi connectivity index (χ4v) is 1.08. The lowest BCUT2D eigenvalue weighted by molar-refractivity contribution is -0.864. The maximum atomic E-state index is 10.1. The molecule has 0 aromatic carbocycles. The molecule has 1 N–H and O–H groups in total. The van der Waals surface area contributed by atoms with Gasteiger partial charge in [0.05, 0.1) is 27.1 Å². The number of carboxylic acids is 2. The van der Waals surface area contributed by atoms with Gasteiger partial charge in [-0.05, 0) is 0 Å². The fraction of sp³-hybridized carbons (Fsp3) is 0.417. The molecular weight excluding hydrogens is 272 g/mol. The van der Waals surface area contributed by atoms with Gasteiger partial charge in [-0.3, -0.25) is 0 Å². The minimum Gasteiger partial charge on any atom is -1.00 e. The molecule has 0 saturated heterocycles. The van der Waals surface area contributed by atoms with Crippen LogP contribution < -0.4 is 22.1 Å². The Balaban J connectivity index is 0. The van der Waals surface area contributed by atoms with Gasteiger partial charge in [0.1, 0.15) is 6.54 Å². The van der Waals surface area contributed by atoms with Crippen LogP contribution in [-0.2, 0) is 16.1 Å². The predicted octanol–water partition coefficient (Wildman–Crippen LogP) is -4.49. The number of likely N-dealkylation sites (N-methyl/N-ethyl adjacent to an activating group) is 1. The van der Waals surface area contributed by atoms with E-state index in [2.05, 4.69) is 0 Å². The summed E-state index contributed by atoms with van der Waals surface area (Å²) < 4.78 is 2.02. The van der Waals surface area contributed by atoms with Crippen molar-refractivity contribution in [2.45, 2.75) is 6.54 Å². The van der Waals surface area contributed by atoms with Crippen LogP contribution in [0.2, 0.25) is 0 Å². The van der Waals surface area contributed by atoms with Crippen LogP contribution in [0, 0.1) is 0 Å². The Kier molecular flexibility index (Phi) is 9.62. The summed E-state index contributed by atoms with van der Waals surface area (Å²) in [5.74, 6) is -1.83. The summed E-state index contributed by atoms with van der Waals surface area (Å²) in [7, 11) is 5.40. The van der Waals surface area contributed by atoms with E-state index in [-0.39, 0.29) is 25.5 Å². The number of nitrogens with zero attached hydrogens (tertiary/aromatic N) is 2. The molecule has 108 valence electrons. The van der Waals surface area contributed by atoms with Crippen LogP contribution in [0.5, 0.6) is 0 Å². The zero-order valence-electron chi connectivity index (χ0n) is 11.2. The lowest BCUT2D eigenvalue weighted by Gasteiger charge is -2.23. The zero-order valence-corrected chi connectivity index (χ0v) is 12.0. The van der Waals surface area contributed by atoms with Crippen LogP contribution in [0.15, 0.2) is 30.6 Å². The molecule has 7 heteroatoms. The standard InChI is InChI=1S/C7H7NO2.C5H11NO2.ClH/c9-7(10)6-8-4-2-1-3-5-8;1-6(2,3)4-5(7)8;/h1-5H,6H2;4H2,1-3H3;1H. The number of halogens is 1. The summed E-state index contributed by atoms with van der Waals surface area (Å²) in [6.07, 6.45) is 3.43. The van der Waals surface area contributed by atoms with Gasteiger partial charge in [-0.1, -0.05) is 6.07 Å². The largest absolute Gasteiger partial charge is 1.00 e. The average molecular weight is 291 g/mol. The third kappa shape index (κ3) is 14.3. The molecule has 0 unspecified atom stereocenters. The third-order valence-electron chi connectivity index (χ3n) is 1.70. The monoisotopic (exact) mass is 290 g/mol. The first-order valence-electron chi connectivity index (χ1n) is 5.37. The maximum absolute atomic E-state index is 10.1. The minimum atomic E-state index is -1.00. The molecule has 0 aliphatic heterocycles. The molecule has 0 radical (unpaired) electrons. The van der Waals surface area contributed by atoms with E-state index in [1.165, 1.54) is 0 Å². The van der Waals surface area contributed by atoms with Gasteiger partial charge in [0.2, 0.25) is 6.54 Å². The first-order chi connectivity index (χ1) is 8.20. The van der Waals surface area contributed by atoms with E-state index in [1.54, 1.807) is 50.2 Å². The van der Waals surface area contributed by atoms with E-state index < -0.39 is 11.9 Å². The molecule has 1 aromatic heterocycles. The molecule has 0 bridgehead atoms. The topological polar surface area (TPSA) is 81.3 Å². The number of quaternary nitrogens is 1. The van der Waals surface area contributed by atoms with Crippen LogP contribution in [0.3, 0.4) is 0 Å². The lowest BCUT2D eigenvalue weighted by Crippen LogP contribution is -3.00. The SMILES string of the molecule is C[N+](C)(C)CC(=O)[O-].O=C(O)C[n+]1ccccc1.[Cl-]. The number of aliphatic carboxylic acids is 2. The number of carbonyl (C=O) groups is 2. The number of carboxylic acid groups (broad SMARTS) is 2. The summed E-state index contributed by atoms with van der Waals surface area (Å²) in [6, 6.07) is 5.43. The second-order valence-corrected chi connectivity index (χ2v) is 4.76. The second-order valence-electron chi connectivity index (χ2n) is 4.76. The van der Waals surface area contributed by atoms with E-state index in [9.17, 15) is 14.7 Å². The number of rotatable bonds is 4. The van der Waals surface area contributed by atoms with Crippen LogP contribution in [0.1, 0.15) is 0 Å². The molecule has 6 nitrogen and oxygen atoms in total. The first kappa shape index (κ1) is 19.7. The van der Waals surface area contributed by atoms with E-state index in [4.69, 9.17) is 5.11 Å². The molecule has 1 aromatic rings. The molecule has 0 fully saturated rings. The molecule has 0 saturated carbocycles. The number of aromatic nitrogens is 1. The van der Waals surface area contributed by atoms with Crippen molar-refractivity contribution < 1.29 is 41.3 Å². The van der Waals surface area contributed by atoms with Gasteiger partial charge in [0, 0.05) is 12.1 Å². The van der Waals surface area contributed by atoms with Crippen molar-refractivity contribution in [1.29, 1.82) is 0 Å². The molecule has 1 rings (SSSR count). The van der Waals surface area contributed by atoms with Gasteiger partial charge in [-0.2, -0.15) is 4.57 Å². The first-order valence-corrected chi connectivity index (χ1v) is 5.37. The Morgan fingerprint density at radius 1 is 1.16 bits per heavy atom. The zero-order chi connectivity index (χ0) is 14.2. The van der Waals surface area contributed by atoms with Crippen molar-refractivity contribution in [3.05, 3.63) is 30.6 Å². The fourth-order valence-electron chi connectivity index (χ4n) is 1.08. The smallest absolute Gasteiger partial charge is 0.370 e. The predicted molar refractivity (Wildman–Crippen MR) is 62.2 cm³/mol. The Hall–Kier alpha value is -1.66. The molecule has 1 heterocycles. The number of carbonyl (C=O) groups excluding carboxylic acids is 1. The van der Waals surface area contributed by atoms with E-state index in [0.29, 0.717) is 4.48 Å². The second kappa shape index (κ2) is 9.29. The highest BCUT2D eigenvalue weighted by molar-refractivity contribution is 5.65. The molecule has 0 aliphatic carbocycles. The van der Waals surface area contributed by atoms with Gasteiger partial charge in [-0.15, -0.1) is 0 Å².